The average molecular weight is 331 g/mol. The lowest BCUT2D eigenvalue weighted by Crippen LogP contribution is -2.18. The van der Waals surface area contributed by atoms with Gasteiger partial charge in [0.1, 0.15) is 0 Å². The first-order valence-electron chi connectivity index (χ1n) is 5.05. The molecule has 1 aliphatic rings. The van der Waals surface area contributed by atoms with Crippen molar-refractivity contribution in [1.82, 2.24) is 0 Å². The minimum absolute atomic E-state index is 0.0705. The summed E-state index contributed by atoms with van der Waals surface area (Å²) in [6, 6.07) is 0. The van der Waals surface area contributed by atoms with Gasteiger partial charge >= 0.3 is 0 Å². The van der Waals surface area contributed by atoms with Crippen LogP contribution in [0.4, 0.5) is 0 Å². The Kier molecular flexibility index (Phi) is 5.05. The van der Waals surface area contributed by atoms with Gasteiger partial charge in [0, 0.05) is 27.3 Å². The van der Waals surface area contributed by atoms with Crippen LogP contribution in [0.5, 0.6) is 0 Å². The zero-order valence-electron chi connectivity index (χ0n) is 9.51. The van der Waals surface area contributed by atoms with Crippen LogP contribution in [0.2, 0.25) is 0 Å². The van der Waals surface area contributed by atoms with E-state index in [1.165, 1.54) is 6.08 Å². The van der Waals surface area contributed by atoms with Crippen molar-refractivity contribution in [1.29, 1.82) is 0 Å². The number of halogens is 2. The third-order valence-corrected chi connectivity index (χ3v) is 5.00. The fraction of sp³-hybridized carbons (Fsp3) is 0.400. The largest absolute Gasteiger partial charge is 0.261 e. The second-order valence-corrected chi connectivity index (χ2v) is 9.15. The van der Waals surface area contributed by atoms with Crippen LogP contribution in [0, 0.1) is 5.92 Å². The van der Waals surface area contributed by atoms with Crippen LogP contribution >= 0.6 is 21.4 Å². The second-order valence-electron chi connectivity index (χ2n) is 3.80. The standard InChI is InChI=1S/C10H12Cl2O4S2/c1-2-4-9-8(7-17(11,13)14)5-3-6-10(9)18(12,15)16/h2-4,6,8H,5,7H2,1H3. The zero-order valence-corrected chi connectivity index (χ0v) is 12.7. The zero-order chi connectivity index (χ0) is 14.0. The first kappa shape index (κ1) is 15.8. The Bertz CT molecular complexity index is 612. The van der Waals surface area contributed by atoms with Gasteiger partial charge in [0.2, 0.25) is 9.05 Å². The van der Waals surface area contributed by atoms with Gasteiger partial charge in [-0.3, -0.25) is 0 Å². The van der Waals surface area contributed by atoms with Crippen LogP contribution in [0.25, 0.3) is 0 Å². The van der Waals surface area contributed by atoms with Crippen molar-refractivity contribution in [2.75, 3.05) is 5.75 Å². The Morgan fingerprint density at radius 3 is 2.39 bits per heavy atom. The van der Waals surface area contributed by atoms with Gasteiger partial charge in [-0.2, -0.15) is 0 Å². The molecule has 18 heavy (non-hydrogen) atoms. The van der Waals surface area contributed by atoms with Gasteiger partial charge in [-0.25, -0.2) is 16.8 Å². The lowest BCUT2D eigenvalue weighted by atomic mass is 9.92. The number of rotatable bonds is 4. The fourth-order valence-electron chi connectivity index (χ4n) is 1.78. The summed E-state index contributed by atoms with van der Waals surface area (Å²) in [6.45, 7) is 1.70. The Morgan fingerprint density at radius 1 is 1.33 bits per heavy atom. The number of hydrogen-bond donors (Lipinski definition) is 0. The summed E-state index contributed by atoms with van der Waals surface area (Å²) in [4.78, 5) is -0.0705. The van der Waals surface area contributed by atoms with Crippen LogP contribution in [0.1, 0.15) is 13.3 Å². The summed E-state index contributed by atoms with van der Waals surface area (Å²) in [6.07, 6.45) is 6.54. The highest BCUT2D eigenvalue weighted by Crippen LogP contribution is 2.32. The van der Waals surface area contributed by atoms with Crippen LogP contribution < -0.4 is 0 Å². The molecule has 0 spiro atoms. The van der Waals surface area contributed by atoms with E-state index < -0.39 is 24.0 Å². The Hall–Kier alpha value is -0.300. The van der Waals surface area contributed by atoms with E-state index in [0.29, 0.717) is 12.0 Å². The van der Waals surface area contributed by atoms with Crippen molar-refractivity contribution in [3.8, 4) is 0 Å². The molecule has 102 valence electrons. The highest BCUT2D eigenvalue weighted by Gasteiger charge is 2.27. The van der Waals surface area contributed by atoms with Crippen LogP contribution in [-0.2, 0) is 18.1 Å². The fourth-order valence-corrected chi connectivity index (χ4v) is 4.23. The molecule has 0 saturated carbocycles. The molecule has 0 aliphatic heterocycles. The molecule has 0 bridgehead atoms. The molecule has 0 fully saturated rings. The monoisotopic (exact) mass is 330 g/mol. The molecule has 0 amide bonds. The quantitative estimate of drug-likeness (QED) is 0.743. The molecule has 0 aromatic carbocycles. The summed E-state index contributed by atoms with van der Waals surface area (Å²) in [5.41, 5.74) is 0.374. The SMILES string of the molecule is CC=CC1=C(S(=O)(=O)Cl)C=CCC1CS(=O)(=O)Cl. The molecular weight excluding hydrogens is 319 g/mol. The van der Waals surface area contributed by atoms with Crippen molar-refractivity contribution < 1.29 is 16.8 Å². The van der Waals surface area contributed by atoms with E-state index >= 15 is 0 Å². The maximum absolute atomic E-state index is 11.4. The van der Waals surface area contributed by atoms with Gasteiger partial charge in [-0.1, -0.05) is 18.2 Å². The van der Waals surface area contributed by atoms with E-state index in [0.717, 1.165) is 0 Å². The molecule has 1 unspecified atom stereocenters. The van der Waals surface area contributed by atoms with Crippen LogP contribution in [0.15, 0.2) is 34.8 Å². The first-order chi connectivity index (χ1) is 8.15. The third-order valence-electron chi connectivity index (χ3n) is 2.42. The lowest BCUT2D eigenvalue weighted by Gasteiger charge is -2.20. The predicted octanol–water partition coefficient (Wildman–Crippen LogP) is 2.53. The molecule has 0 aromatic rings. The number of allylic oxidation sites excluding steroid dienone is 5. The maximum atomic E-state index is 11.4. The molecule has 1 atom stereocenters. The van der Waals surface area contributed by atoms with E-state index in [2.05, 4.69) is 0 Å². The Labute approximate surface area is 116 Å². The van der Waals surface area contributed by atoms with Crippen molar-refractivity contribution in [2.45, 2.75) is 13.3 Å². The summed E-state index contributed by atoms with van der Waals surface area (Å²) < 4.78 is 45.1. The highest BCUT2D eigenvalue weighted by atomic mass is 35.7. The summed E-state index contributed by atoms with van der Waals surface area (Å²) in [7, 11) is 2.92. The van der Waals surface area contributed by atoms with E-state index in [1.54, 1.807) is 25.2 Å². The molecule has 0 N–H and O–H groups in total. The van der Waals surface area contributed by atoms with Crippen molar-refractivity contribution in [2.24, 2.45) is 5.92 Å². The molecule has 0 saturated heterocycles. The van der Waals surface area contributed by atoms with Gasteiger partial charge in [0.25, 0.3) is 9.05 Å². The van der Waals surface area contributed by atoms with Gasteiger partial charge in [-0.15, -0.1) is 0 Å². The van der Waals surface area contributed by atoms with E-state index in [1.807, 2.05) is 0 Å². The van der Waals surface area contributed by atoms with Gasteiger partial charge < -0.3 is 0 Å². The second kappa shape index (κ2) is 5.77. The molecular formula is C10H12Cl2O4S2. The average Bonchev–Trinajstić information content (AvgIpc) is 2.17. The molecule has 1 rings (SSSR count). The van der Waals surface area contributed by atoms with Crippen molar-refractivity contribution >= 4 is 39.5 Å². The molecule has 0 radical (unpaired) electrons. The molecule has 0 aromatic heterocycles. The van der Waals surface area contributed by atoms with E-state index in [9.17, 15) is 16.8 Å². The summed E-state index contributed by atoms with van der Waals surface area (Å²) in [5.74, 6) is -0.827. The summed E-state index contributed by atoms with van der Waals surface area (Å²) in [5, 5.41) is 0. The van der Waals surface area contributed by atoms with E-state index in [4.69, 9.17) is 21.4 Å². The van der Waals surface area contributed by atoms with Crippen LogP contribution in [-0.4, -0.2) is 22.6 Å². The lowest BCUT2D eigenvalue weighted by molar-refractivity contribution is 0.591. The first-order valence-corrected chi connectivity index (χ1v) is 9.84. The highest BCUT2D eigenvalue weighted by molar-refractivity contribution is 8.17. The van der Waals surface area contributed by atoms with E-state index in [-0.39, 0.29) is 10.7 Å². The van der Waals surface area contributed by atoms with Gasteiger partial charge in [0.05, 0.1) is 10.7 Å². The van der Waals surface area contributed by atoms with Gasteiger partial charge in [-0.05, 0) is 25.0 Å². The number of hydrogen-bond acceptors (Lipinski definition) is 4. The molecule has 8 heteroatoms. The minimum atomic E-state index is -3.91. The summed E-state index contributed by atoms with van der Waals surface area (Å²) >= 11 is 0. The Balaban J connectivity index is 3.32. The van der Waals surface area contributed by atoms with Crippen molar-refractivity contribution in [3.63, 3.8) is 0 Å². The van der Waals surface area contributed by atoms with Crippen LogP contribution in [0.3, 0.4) is 0 Å². The van der Waals surface area contributed by atoms with Gasteiger partial charge in [0.15, 0.2) is 0 Å². The molecule has 1 aliphatic carbocycles. The molecule has 0 heterocycles. The maximum Gasteiger partial charge on any atom is 0.261 e. The third kappa shape index (κ3) is 4.42. The normalized spacial score (nSPS) is 21.8. The van der Waals surface area contributed by atoms with Crippen molar-refractivity contribution in [3.05, 3.63) is 34.8 Å². The Morgan fingerprint density at radius 2 is 1.94 bits per heavy atom. The smallest absolute Gasteiger partial charge is 0.212 e. The predicted molar refractivity (Wildman–Crippen MR) is 73.5 cm³/mol. The topological polar surface area (TPSA) is 68.3 Å². The molecule has 4 nitrogen and oxygen atoms in total. The minimum Gasteiger partial charge on any atom is -0.212 e.